The van der Waals surface area contributed by atoms with Gasteiger partial charge in [0.1, 0.15) is 5.75 Å². The van der Waals surface area contributed by atoms with Gasteiger partial charge < -0.3 is 10.1 Å². The van der Waals surface area contributed by atoms with Crippen LogP contribution in [-0.4, -0.2) is 19.2 Å². The van der Waals surface area contributed by atoms with Gasteiger partial charge in [0, 0.05) is 5.56 Å². The number of amides is 1. The number of anilines is 1. The molecule has 1 amide bonds. The molecule has 2 aromatic carbocycles. The molecule has 154 valence electrons. The summed E-state index contributed by atoms with van der Waals surface area (Å²) in [5.74, 6) is 0.241. The molecule has 2 aromatic rings. The standard InChI is InChI=1S/C23H24F3NO2/c1-29-20-14-17-6-4-2-3-5-16(17)13-19(20)27-21(28)15-7-9-18(10-8-15)22(11-12-22)23(24,25)26/h7-10,13-14H,2-6,11-12H2,1H3,(H,27,28). The van der Waals surface area contributed by atoms with Gasteiger partial charge in [-0.05, 0) is 79.5 Å². The predicted molar refractivity (Wildman–Crippen MR) is 106 cm³/mol. The minimum absolute atomic E-state index is 0.106. The summed E-state index contributed by atoms with van der Waals surface area (Å²) in [4.78, 5) is 12.7. The lowest BCUT2D eigenvalue weighted by atomic mass is 9.94. The van der Waals surface area contributed by atoms with E-state index in [4.69, 9.17) is 4.74 Å². The first-order valence-corrected chi connectivity index (χ1v) is 10.0. The summed E-state index contributed by atoms with van der Waals surface area (Å²) in [6.45, 7) is 0. The maximum atomic E-state index is 13.3. The van der Waals surface area contributed by atoms with Crippen LogP contribution in [0.4, 0.5) is 18.9 Å². The van der Waals surface area contributed by atoms with E-state index in [1.165, 1.54) is 41.8 Å². The topological polar surface area (TPSA) is 38.3 Å². The van der Waals surface area contributed by atoms with Gasteiger partial charge in [0.05, 0.1) is 18.2 Å². The number of aryl methyl sites for hydroxylation is 2. The Bertz CT molecular complexity index is 915. The second-order valence-electron chi connectivity index (χ2n) is 7.99. The van der Waals surface area contributed by atoms with Crippen molar-refractivity contribution >= 4 is 11.6 Å². The van der Waals surface area contributed by atoms with E-state index in [9.17, 15) is 18.0 Å². The first-order chi connectivity index (χ1) is 13.8. The van der Waals surface area contributed by atoms with Gasteiger partial charge in [-0.25, -0.2) is 0 Å². The summed E-state index contributed by atoms with van der Waals surface area (Å²) < 4.78 is 45.3. The van der Waals surface area contributed by atoms with Crippen molar-refractivity contribution in [2.24, 2.45) is 0 Å². The molecule has 0 bridgehead atoms. The Kier molecular flexibility index (Phi) is 5.05. The third kappa shape index (κ3) is 3.72. The monoisotopic (exact) mass is 403 g/mol. The molecule has 1 fully saturated rings. The van der Waals surface area contributed by atoms with Crippen molar-refractivity contribution in [2.75, 3.05) is 12.4 Å². The van der Waals surface area contributed by atoms with Crippen LogP contribution >= 0.6 is 0 Å². The van der Waals surface area contributed by atoms with Crippen molar-refractivity contribution in [1.29, 1.82) is 0 Å². The molecule has 0 unspecified atom stereocenters. The van der Waals surface area contributed by atoms with E-state index in [1.54, 1.807) is 7.11 Å². The number of nitrogens with one attached hydrogen (secondary N) is 1. The Morgan fingerprint density at radius 2 is 1.62 bits per heavy atom. The van der Waals surface area contributed by atoms with Crippen molar-refractivity contribution in [3.05, 3.63) is 58.7 Å². The number of hydrogen-bond acceptors (Lipinski definition) is 2. The zero-order valence-corrected chi connectivity index (χ0v) is 16.4. The SMILES string of the molecule is COc1cc2c(cc1NC(=O)c1ccc(C3(C(F)(F)F)CC3)cc1)CCCCC2. The molecular formula is C23H24F3NO2. The van der Waals surface area contributed by atoms with Gasteiger partial charge in [0.25, 0.3) is 5.91 Å². The Morgan fingerprint density at radius 1 is 1.00 bits per heavy atom. The van der Waals surface area contributed by atoms with Crippen LogP contribution in [0.25, 0.3) is 0 Å². The van der Waals surface area contributed by atoms with Gasteiger partial charge in [-0.3, -0.25) is 4.79 Å². The lowest BCUT2D eigenvalue weighted by molar-refractivity contribution is -0.160. The van der Waals surface area contributed by atoms with Crippen LogP contribution in [0.5, 0.6) is 5.75 Å². The Hall–Kier alpha value is -2.50. The summed E-state index contributed by atoms with van der Waals surface area (Å²) in [6, 6.07) is 9.72. The van der Waals surface area contributed by atoms with Gasteiger partial charge in [-0.2, -0.15) is 13.2 Å². The number of carbonyl (C=O) groups excluding carboxylic acids is 1. The molecule has 0 saturated heterocycles. The Labute approximate surface area is 168 Å². The number of rotatable bonds is 4. The molecule has 6 heteroatoms. The molecule has 1 saturated carbocycles. The summed E-state index contributed by atoms with van der Waals surface area (Å²) in [5.41, 5.74) is 1.88. The number of hydrogen-bond donors (Lipinski definition) is 1. The molecule has 0 atom stereocenters. The zero-order chi connectivity index (χ0) is 20.6. The molecule has 0 radical (unpaired) electrons. The second kappa shape index (κ2) is 7.39. The van der Waals surface area contributed by atoms with E-state index in [1.807, 2.05) is 12.1 Å². The van der Waals surface area contributed by atoms with Crippen molar-refractivity contribution in [3.8, 4) is 5.75 Å². The molecule has 0 heterocycles. The summed E-state index contributed by atoms with van der Waals surface area (Å²) in [7, 11) is 1.56. The van der Waals surface area contributed by atoms with Crippen molar-refractivity contribution in [3.63, 3.8) is 0 Å². The van der Waals surface area contributed by atoms with Crippen molar-refractivity contribution < 1.29 is 22.7 Å². The Morgan fingerprint density at radius 3 is 2.17 bits per heavy atom. The smallest absolute Gasteiger partial charge is 0.398 e. The first kappa shape index (κ1) is 19.8. The summed E-state index contributed by atoms with van der Waals surface area (Å²) in [6.07, 6.45) is 1.38. The lowest BCUT2D eigenvalue weighted by Crippen LogP contribution is -2.28. The molecule has 3 nitrogen and oxygen atoms in total. The zero-order valence-electron chi connectivity index (χ0n) is 16.4. The number of carbonyl (C=O) groups is 1. The molecule has 1 N–H and O–H groups in total. The maximum absolute atomic E-state index is 13.3. The van der Waals surface area contributed by atoms with E-state index in [0.29, 0.717) is 17.0 Å². The Balaban J connectivity index is 1.55. The highest BCUT2D eigenvalue weighted by Gasteiger charge is 2.64. The van der Waals surface area contributed by atoms with E-state index in [2.05, 4.69) is 5.32 Å². The first-order valence-electron chi connectivity index (χ1n) is 10.0. The number of fused-ring (bicyclic) bond motifs is 1. The highest BCUT2D eigenvalue weighted by atomic mass is 19.4. The quantitative estimate of drug-likeness (QED) is 0.654. The van der Waals surface area contributed by atoms with E-state index < -0.39 is 11.6 Å². The maximum Gasteiger partial charge on any atom is 0.398 e. The molecule has 4 rings (SSSR count). The minimum atomic E-state index is -4.26. The third-order valence-electron chi connectivity index (χ3n) is 6.15. The van der Waals surface area contributed by atoms with Crippen LogP contribution in [-0.2, 0) is 18.3 Å². The van der Waals surface area contributed by atoms with Crippen LogP contribution in [0.2, 0.25) is 0 Å². The van der Waals surface area contributed by atoms with Gasteiger partial charge in [-0.15, -0.1) is 0 Å². The molecule has 29 heavy (non-hydrogen) atoms. The number of benzene rings is 2. The van der Waals surface area contributed by atoms with Crippen LogP contribution < -0.4 is 10.1 Å². The molecule has 0 spiro atoms. The molecule has 2 aliphatic carbocycles. The average molecular weight is 403 g/mol. The number of ether oxygens (including phenoxy) is 1. The number of methoxy groups -OCH3 is 1. The van der Waals surface area contributed by atoms with Gasteiger partial charge in [-0.1, -0.05) is 18.6 Å². The molecule has 0 aromatic heterocycles. The molecule has 2 aliphatic rings. The fourth-order valence-corrected chi connectivity index (χ4v) is 4.20. The van der Waals surface area contributed by atoms with Crippen LogP contribution in [0, 0.1) is 0 Å². The lowest BCUT2D eigenvalue weighted by Gasteiger charge is -2.20. The largest absolute Gasteiger partial charge is 0.495 e. The van der Waals surface area contributed by atoms with Gasteiger partial charge in [0.15, 0.2) is 0 Å². The second-order valence-corrected chi connectivity index (χ2v) is 7.99. The minimum Gasteiger partial charge on any atom is -0.495 e. The third-order valence-corrected chi connectivity index (χ3v) is 6.15. The van der Waals surface area contributed by atoms with E-state index in [-0.39, 0.29) is 24.3 Å². The van der Waals surface area contributed by atoms with Crippen molar-refractivity contribution in [2.45, 2.75) is 56.5 Å². The van der Waals surface area contributed by atoms with E-state index >= 15 is 0 Å². The summed E-state index contributed by atoms with van der Waals surface area (Å²) in [5, 5.41) is 2.87. The highest BCUT2D eigenvalue weighted by Crippen LogP contribution is 2.58. The van der Waals surface area contributed by atoms with Crippen LogP contribution in [0.15, 0.2) is 36.4 Å². The van der Waals surface area contributed by atoms with Crippen LogP contribution in [0.1, 0.15) is 59.2 Å². The fraction of sp³-hybridized carbons (Fsp3) is 0.435. The molecular weight excluding hydrogens is 379 g/mol. The highest BCUT2D eigenvalue weighted by molar-refractivity contribution is 6.05. The van der Waals surface area contributed by atoms with Crippen molar-refractivity contribution in [1.82, 2.24) is 0 Å². The summed E-state index contributed by atoms with van der Waals surface area (Å²) >= 11 is 0. The number of halogens is 3. The van der Waals surface area contributed by atoms with E-state index in [0.717, 1.165) is 25.7 Å². The predicted octanol–water partition coefficient (Wildman–Crippen LogP) is 5.81. The number of alkyl halides is 3. The van der Waals surface area contributed by atoms with Gasteiger partial charge >= 0.3 is 6.18 Å². The van der Waals surface area contributed by atoms with Crippen LogP contribution in [0.3, 0.4) is 0 Å². The normalized spacial score (nSPS) is 17.8. The van der Waals surface area contributed by atoms with Gasteiger partial charge in [0.2, 0.25) is 0 Å². The average Bonchev–Trinajstić information content (AvgIpc) is 3.52. The molecule has 0 aliphatic heterocycles. The fourth-order valence-electron chi connectivity index (χ4n) is 4.20.